The van der Waals surface area contributed by atoms with Gasteiger partial charge in [0.05, 0.1) is 0 Å². The van der Waals surface area contributed by atoms with Crippen molar-refractivity contribution >= 4 is 17.0 Å². The van der Waals surface area contributed by atoms with Crippen molar-refractivity contribution in [2.45, 2.75) is 25.2 Å². The van der Waals surface area contributed by atoms with Gasteiger partial charge in [0.25, 0.3) is 0 Å². The number of hydrogen-bond donors (Lipinski definition) is 2. The lowest BCUT2D eigenvalue weighted by Crippen LogP contribution is -2.17. The molecule has 0 aromatic heterocycles. The standard InChI is InChI=1S/C11H15NO.BrH/c12-7-9-3-1-2-8-6-10(13)4-5-11(8)9;/h4-6,9,13H,1-3,7,12H2;1H/t9-;/m1./s1. The number of fused-ring (bicyclic) bond motifs is 1. The highest BCUT2D eigenvalue weighted by Crippen LogP contribution is 2.32. The Morgan fingerprint density at radius 2 is 2.21 bits per heavy atom. The summed E-state index contributed by atoms with van der Waals surface area (Å²) in [4.78, 5) is 0. The number of nitrogens with two attached hydrogens (primary N) is 1. The maximum absolute atomic E-state index is 9.32. The van der Waals surface area contributed by atoms with E-state index in [2.05, 4.69) is 0 Å². The molecule has 1 aliphatic rings. The van der Waals surface area contributed by atoms with Crippen molar-refractivity contribution in [2.75, 3.05) is 6.54 Å². The molecule has 0 saturated heterocycles. The van der Waals surface area contributed by atoms with E-state index in [4.69, 9.17) is 5.73 Å². The van der Waals surface area contributed by atoms with Crippen molar-refractivity contribution in [2.24, 2.45) is 5.73 Å². The predicted molar refractivity (Wildman–Crippen MR) is 63.2 cm³/mol. The first kappa shape index (κ1) is 11.5. The number of rotatable bonds is 1. The summed E-state index contributed by atoms with van der Waals surface area (Å²) in [6.07, 6.45) is 3.47. The molecule has 0 saturated carbocycles. The molecule has 14 heavy (non-hydrogen) atoms. The van der Waals surface area contributed by atoms with E-state index in [1.54, 1.807) is 6.07 Å². The van der Waals surface area contributed by atoms with E-state index in [-0.39, 0.29) is 17.0 Å². The molecule has 0 bridgehead atoms. The molecule has 3 heteroatoms. The monoisotopic (exact) mass is 257 g/mol. The Kier molecular flexibility index (Phi) is 3.96. The Bertz CT molecular complexity index is 314. The van der Waals surface area contributed by atoms with E-state index in [1.165, 1.54) is 24.0 Å². The van der Waals surface area contributed by atoms with Gasteiger partial charge in [-0.3, -0.25) is 0 Å². The van der Waals surface area contributed by atoms with Gasteiger partial charge in [-0.2, -0.15) is 0 Å². The molecule has 0 fully saturated rings. The predicted octanol–water partition coefficient (Wildman–Crippen LogP) is 2.35. The molecule has 1 aliphatic carbocycles. The van der Waals surface area contributed by atoms with Crippen molar-refractivity contribution < 1.29 is 5.11 Å². The van der Waals surface area contributed by atoms with E-state index in [9.17, 15) is 5.11 Å². The fourth-order valence-corrected chi connectivity index (χ4v) is 2.15. The van der Waals surface area contributed by atoms with E-state index in [1.807, 2.05) is 12.1 Å². The highest BCUT2D eigenvalue weighted by Gasteiger charge is 2.18. The van der Waals surface area contributed by atoms with Crippen LogP contribution in [0.15, 0.2) is 18.2 Å². The number of phenolic OH excluding ortho intramolecular Hbond substituents is 1. The number of phenols is 1. The Labute approximate surface area is 94.9 Å². The van der Waals surface area contributed by atoms with Crippen LogP contribution in [0.2, 0.25) is 0 Å². The van der Waals surface area contributed by atoms with Gasteiger partial charge in [0.1, 0.15) is 5.75 Å². The molecule has 1 aromatic rings. The topological polar surface area (TPSA) is 46.2 Å². The minimum Gasteiger partial charge on any atom is -0.508 e. The van der Waals surface area contributed by atoms with Gasteiger partial charge in [-0.15, -0.1) is 17.0 Å². The van der Waals surface area contributed by atoms with Crippen molar-refractivity contribution in [1.29, 1.82) is 0 Å². The zero-order chi connectivity index (χ0) is 9.26. The lowest BCUT2D eigenvalue weighted by molar-refractivity contribution is 0.471. The molecule has 0 aliphatic heterocycles. The van der Waals surface area contributed by atoms with Gasteiger partial charge in [-0.05, 0) is 55.0 Å². The van der Waals surface area contributed by atoms with Gasteiger partial charge in [0.2, 0.25) is 0 Å². The second-order valence-corrected chi connectivity index (χ2v) is 3.71. The van der Waals surface area contributed by atoms with Crippen LogP contribution in [0.1, 0.15) is 29.9 Å². The number of hydrogen-bond acceptors (Lipinski definition) is 2. The van der Waals surface area contributed by atoms with E-state index in [0.717, 1.165) is 13.0 Å². The van der Waals surface area contributed by atoms with Gasteiger partial charge in [0.15, 0.2) is 0 Å². The first-order valence-corrected chi connectivity index (χ1v) is 4.83. The van der Waals surface area contributed by atoms with Crippen LogP contribution in [-0.4, -0.2) is 11.7 Å². The third-order valence-corrected chi connectivity index (χ3v) is 2.85. The Balaban J connectivity index is 0.000000980. The van der Waals surface area contributed by atoms with Crippen LogP contribution in [0.4, 0.5) is 0 Å². The highest BCUT2D eigenvalue weighted by atomic mass is 79.9. The molecule has 0 spiro atoms. The average molecular weight is 258 g/mol. The highest BCUT2D eigenvalue weighted by molar-refractivity contribution is 8.93. The Morgan fingerprint density at radius 3 is 2.93 bits per heavy atom. The second-order valence-electron chi connectivity index (χ2n) is 3.71. The van der Waals surface area contributed by atoms with Crippen LogP contribution in [0.5, 0.6) is 5.75 Å². The molecule has 78 valence electrons. The van der Waals surface area contributed by atoms with E-state index in [0.29, 0.717) is 11.7 Å². The van der Waals surface area contributed by atoms with Gasteiger partial charge >= 0.3 is 0 Å². The fourth-order valence-electron chi connectivity index (χ4n) is 2.15. The summed E-state index contributed by atoms with van der Waals surface area (Å²) >= 11 is 0. The maximum Gasteiger partial charge on any atom is 0.115 e. The lowest BCUT2D eigenvalue weighted by Gasteiger charge is -2.24. The lowest BCUT2D eigenvalue weighted by atomic mass is 9.83. The molecular weight excluding hydrogens is 242 g/mol. The first-order valence-electron chi connectivity index (χ1n) is 4.83. The summed E-state index contributed by atoms with van der Waals surface area (Å²) in [6, 6.07) is 5.64. The zero-order valence-electron chi connectivity index (χ0n) is 8.07. The van der Waals surface area contributed by atoms with Crippen molar-refractivity contribution in [3.05, 3.63) is 29.3 Å². The SMILES string of the molecule is Br.NC[C@H]1CCCc2cc(O)ccc21. The summed E-state index contributed by atoms with van der Waals surface area (Å²) in [5.74, 6) is 0.876. The summed E-state index contributed by atoms with van der Waals surface area (Å²) in [5, 5.41) is 9.32. The molecule has 3 N–H and O–H groups in total. The fraction of sp³-hybridized carbons (Fsp3) is 0.455. The number of aryl methyl sites for hydroxylation is 1. The van der Waals surface area contributed by atoms with Gasteiger partial charge < -0.3 is 10.8 Å². The molecule has 2 nitrogen and oxygen atoms in total. The van der Waals surface area contributed by atoms with Crippen LogP contribution in [-0.2, 0) is 6.42 Å². The van der Waals surface area contributed by atoms with Crippen LogP contribution < -0.4 is 5.73 Å². The molecule has 1 aromatic carbocycles. The second kappa shape index (κ2) is 4.80. The van der Waals surface area contributed by atoms with Crippen LogP contribution in [0.25, 0.3) is 0 Å². The Hall–Kier alpha value is -0.540. The minimum absolute atomic E-state index is 0. The van der Waals surface area contributed by atoms with Crippen molar-refractivity contribution in [3.8, 4) is 5.75 Å². The van der Waals surface area contributed by atoms with Crippen molar-refractivity contribution in [3.63, 3.8) is 0 Å². The third kappa shape index (κ3) is 2.10. The summed E-state index contributed by atoms with van der Waals surface area (Å²) in [7, 11) is 0. The van der Waals surface area contributed by atoms with E-state index < -0.39 is 0 Å². The van der Waals surface area contributed by atoms with E-state index >= 15 is 0 Å². The molecule has 0 radical (unpaired) electrons. The number of benzene rings is 1. The molecule has 2 rings (SSSR count). The quantitative estimate of drug-likeness (QED) is 0.812. The third-order valence-electron chi connectivity index (χ3n) is 2.85. The maximum atomic E-state index is 9.32. The molecule has 0 amide bonds. The van der Waals surface area contributed by atoms with Crippen LogP contribution in [0, 0.1) is 0 Å². The van der Waals surface area contributed by atoms with Gasteiger partial charge in [-0.25, -0.2) is 0 Å². The smallest absolute Gasteiger partial charge is 0.115 e. The molecule has 0 unspecified atom stereocenters. The largest absolute Gasteiger partial charge is 0.508 e. The normalized spacial score (nSPS) is 19.6. The first-order chi connectivity index (χ1) is 6.31. The molecule has 0 heterocycles. The number of halogens is 1. The van der Waals surface area contributed by atoms with Crippen molar-refractivity contribution in [1.82, 2.24) is 0 Å². The van der Waals surface area contributed by atoms with Crippen LogP contribution in [0.3, 0.4) is 0 Å². The summed E-state index contributed by atoms with van der Waals surface area (Å²) in [6.45, 7) is 0.720. The van der Waals surface area contributed by atoms with Gasteiger partial charge in [-0.1, -0.05) is 6.07 Å². The minimum atomic E-state index is 0. The average Bonchev–Trinajstić information content (AvgIpc) is 2.16. The summed E-state index contributed by atoms with van der Waals surface area (Å²) in [5.41, 5.74) is 8.31. The zero-order valence-corrected chi connectivity index (χ0v) is 9.78. The molecular formula is C11H16BrNO. The molecule has 1 atom stereocenters. The van der Waals surface area contributed by atoms with Gasteiger partial charge in [0, 0.05) is 0 Å². The number of aromatic hydroxyl groups is 1. The van der Waals surface area contributed by atoms with Crippen LogP contribution >= 0.6 is 17.0 Å². The Morgan fingerprint density at radius 1 is 1.43 bits per heavy atom. The summed E-state index contributed by atoms with van der Waals surface area (Å²) < 4.78 is 0.